The second-order valence-electron chi connectivity index (χ2n) is 6.56. The summed E-state index contributed by atoms with van der Waals surface area (Å²) in [7, 11) is 2.93. The van der Waals surface area contributed by atoms with Crippen LogP contribution in [0.25, 0.3) is 0 Å². The molecule has 0 aliphatic carbocycles. The summed E-state index contributed by atoms with van der Waals surface area (Å²) in [5, 5.41) is 18.0. The van der Waals surface area contributed by atoms with Crippen LogP contribution >= 0.6 is 0 Å². The number of ether oxygens (including phenoxy) is 2. The molecule has 30 heavy (non-hydrogen) atoms. The molecule has 0 fully saturated rings. The average Bonchev–Trinajstić information content (AvgIpc) is 2.78. The predicted molar refractivity (Wildman–Crippen MR) is 116 cm³/mol. The zero-order valence-electron chi connectivity index (χ0n) is 16.9. The van der Waals surface area contributed by atoms with Gasteiger partial charge >= 0.3 is 0 Å². The smallest absolute Gasteiger partial charge is 0.282 e. The summed E-state index contributed by atoms with van der Waals surface area (Å²) in [5.41, 5.74) is 2.42. The van der Waals surface area contributed by atoms with Gasteiger partial charge in [-0.3, -0.25) is 15.1 Å². The SMILES string of the molecule is COc1cc(/C=N\N(Cc2ccccc2)Cc2ccccc2)c([N+](=O)[O-])cc1OC. The molecule has 0 heterocycles. The Morgan fingerprint density at radius 2 is 1.40 bits per heavy atom. The summed E-state index contributed by atoms with van der Waals surface area (Å²) >= 11 is 0. The van der Waals surface area contributed by atoms with Crippen molar-refractivity contribution >= 4 is 11.9 Å². The fourth-order valence-electron chi connectivity index (χ4n) is 3.02. The van der Waals surface area contributed by atoms with E-state index in [1.54, 1.807) is 6.07 Å². The van der Waals surface area contributed by atoms with Crippen molar-refractivity contribution in [3.63, 3.8) is 0 Å². The molecule has 3 aromatic carbocycles. The maximum absolute atomic E-state index is 11.6. The number of hydrazone groups is 1. The first-order chi connectivity index (χ1) is 14.6. The van der Waals surface area contributed by atoms with E-state index in [4.69, 9.17) is 9.47 Å². The number of methoxy groups -OCH3 is 2. The van der Waals surface area contributed by atoms with Crippen molar-refractivity contribution in [2.45, 2.75) is 13.1 Å². The number of hydrogen-bond acceptors (Lipinski definition) is 6. The van der Waals surface area contributed by atoms with Crippen LogP contribution in [0.5, 0.6) is 11.5 Å². The van der Waals surface area contributed by atoms with Gasteiger partial charge in [0.1, 0.15) is 0 Å². The highest BCUT2D eigenvalue weighted by Gasteiger charge is 2.18. The summed E-state index contributed by atoms with van der Waals surface area (Å²) in [4.78, 5) is 11.1. The largest absolute Gasteiger partial charge is 0.493 e. The Hall–Kier alpha value is -3.87. The van der Waals surface area contributed by atoms with Gasteiger partial charge in [-0.2, -0.15) is 5.10 Å². The van der Waals surface area contributed by atoms with Crippen LogP contribution < -0.4 is 9.47 Å². The minimum atomic E-state index is -0.456. The topological polar surface area (TPSA) is 77.2 Å². The summed E-state index contributed by atoms with van der Waals surface area (Å²) in [6, 6.07) is 22.8. The average molecular weight is 405 g/mol. The lowest BCUT2D eigenvalue weighted by Gasteiger charge is -2.19. The number of rotatable bonds is 9. The lowest BCUT2D eigenvalue weighted by Crippen LogP contribution is -2.17. The lowest BCUT2D eigenvalue weighted by molar-refractivity contribution is -0.385. The molecule has 0 unspecified atom stereocenters. The first kappa shape index (κ1) is 20.9. The fourth-order valence-corrected chi connectivity index (χ4v) is 3.02. The van der Waals surface area contributed by atoms with Crippen molar-refractivity contribution in [3.8, 4) is 11.5 Å². The van der Waals surface area contributed by atoms with Crippen molar-refractivity contribution in [1.82, 2.24) is 5.01 Å². The van der Waals surface area contributed by atoms with Crippen LogP contribution in [0, 0.1) is 10.1 Å². The highest BCUT2D eigenvalue weighted by Crippen LogP contribution is 2.33. The molecule has 0 saturated carbocycles. The Bertz CT molecular complexity index is 966. The molecular formula is C23H23N3O4. The minimum Gasteiger partial charge on any atom is -0.493 e. The van der Waals surface area contributed by atoms with E-state index >= 15 is 0 Å². The van der Waals surface area contributed by atoms with E-state index < -0.39 is 4.92 Å². The first-order valence-electron chi connectivity index (χ1n) is 9.38. The summed E-state index contributed by atoms with van der Waals surface area (Å²) in [6.45, 7) is 1.13. The quantitative estimate of drug-likeness (QED) is 0.294. The number of benzene rings is 3. The Labute approximate surface area is 175 Å². The van der Waals surface area contributed by atoms with Gasteiger partial charge in [-0.25, -0.2) is 0 Å². The van der Waals surface area contributed by atoms with Crippen molar-refractivity contribution in [2.75, 3.05) is 14.2 Å². The monoisotopic (exact) mass is 405 g/mol. The third-order valence-corrected chi connectivity index (χ3v) is 4.51. The van der Waals surface area contributed by atoms with Crippen molar-refractivity contribution in [1.29, 1.82) is 0 Å². The van der Waals surface area contributed by atoms with E-state index in [1.807, 2.05) is 65.7 Å². The summed E-state index contributed by atoms with van der Waals surface area (Å²) < 4.78 is 10.5. The Morgan fingerprint density at radius 1 is 0.900 bits per heavy atom. The van der Waals surface area contributed by atoms with Gasteiger partial charge in [0.05, 0.1) is 50.1 Å². The molecule has 0 saturated heterocycles. The van der Waals surface area contributed by atoms with Crippen LogP contribution in [0.4, 0.5) is 5.69 Å². The Morgan fingerprint density at radius 3 is 1.87 bits per heavy atom. The van der Waals surface area contributed by atoms with E-state index in [9.17, 15) is 10.1 Å². The van der Waals surface area contributed by atoms with Crippen LogP contribution in [0.15, 0.2) is 77.9 Å². The van der Waals surface area contributed by atoms with Gasteiger partial charge in [-0.15, -0.1) is 0 Å². The molecule has 0 radical (unpaired) electrons. The van der Waals surface area contributed by atoms with Crippen LogP contribution in [0.2, 0.25) is 0 Å². The van der Waals surface area contributed by atoms with Gasteiger partial charge in [0.25, 0.3) is 5.69 Å². The highest BCUT2D eigenvalue weighted by atomic mass is 16.6. The Balaban J connectivity index is 1.93. The number of nitro benzene ring substituents is 1. The van der Waals surface area contributed by atoms with Crippen molar-refractivity contribution < 1.29 is 14.4 Å². The predicted octanol–water partition coefficient (Wildman–Crippen LogP) is 4.65. The second-order valence-corrected chi connectivity index (χ2v) is 6.56. The zero-order chi connectivity index (χ0) is 21.3. The van der Waals surface area contributed by atoms with Crippen LogP contribution in [0.1, 0.15) is 16.7 Å². The van der Waals surface area contributed by atoms with Gasteiger partial charge in [-0.1, -0.05) is 60.7 Å². The standard InChI is InChI=1S/C23H23N3O4/c1-29-22-13-20(21(26(27)28)14-23(22)30-2)15-24-25(16-18-9-5-3-6-10-18)17-19-11-7-4-8-12-19/h3-15H,16-17H2,1-2H3/b24-15-. The first-order valence-corrected chi connectivity index (χ1v) is 9.38. The van der Waals surface area contributed by atoms with Gasteiger partial charge < -0.3 is 9.47 Å². The maximum Gasteiger partial charge on any atom is 0.282 e. The zero-order valence-corrected chi connectivity index (χ0v) is 16.9. The van der Waals surface area contributed by atoms with E-state index in [2.05, 4.69) is 5.10 Å². The van der Waals surface area contributed by atoms with Gasteiger partial charge in [0, 0.05) is 0 Å². The fraction of sp³-hybridized carbons (Fsp3) is 0.174. The van der Waals surface area contributed by atoms with Gasteiger partial charge in [0.15, 0.2) is 11.5 Å². The molecule has 3 rings (SSSR count). The molecule has 0 bridgehead atoms. The van der Waals surface area contributed by atoms with Gasteiger partial charge in [0.2, 0.25) is 0 Å². The maximum atomic E-state index is 11.6. The molecule has 0 atom stereocenters. The molecule has 0 aliphatic heterocycles. The number of nitro groups is 1. The normalized spacial score (nSPS) is 10.7. The van der Waals surface area contributed by atoms with E-state index in [-0.39, 0.29) is 5.69 Å². The van der Waals surface area contributed by atoms with Crippen molar-refractivity contribution in [3.05, 3.63) is 99.6 Å². The Kier molecular flexibility index (Phi) is 7.00. The molecule has 0 aromatic heterocycles. The molecule has 0 spiro atoms. The molecule has 154 valence electrons. The van der Waals surface area contributed by atoms with E-state index in [0.29, 0.717) is 30.2 Å². The third-order valence-electron chi connectivity index (χ3n) is 4.51. The molecule has 0 amide bonds. The number of nitrogens with zero attached hydrogens (tertiary/aromatic N) is 3. The highest BCUT2D eigenvalue weighted by molar-refractivity contribution is 5.86. The molecule has 3 aromatic rings. The second kappa shape index (κ2) is 10.1. The molecule has 7 nitrogen and oxygen atoms in total. The van der Waals surface area contributed by atoms with Crippen molar-refractivity contribution in [2.24, 2.45) is 5.10 Å². The van der Waals surface area contributed by atoms with Crippen LogP contribution in [-0.2, 0) is 13.1 Å². The third kappa shape index (κ3) is 5.35. The summed E-state index contributed by atoms with van der Waals surface area (Å²) in [6.07, 6.45) is 1.49. The van der Waals surface area contributed by atoms with Crippen LogP contribution in [0.3, 0.4) is 0 Å². The van der Waals surface area contributed by atoms with E-state index in [1.165, 1.54) is 26.5 Å². The summed E-state index contributed by atoms with van der Waals surface area (Å²) in [5.74, 6) is 0.703. The van der Waals surface area contributed by atoms with E-state index in [0.717, 1.165) is 11.1 Å². The van der Waals surface area contributed by atoms with Gasteiger partial charge in [-0.05, 0) is 17.2 Å². The molecule has 0 N–H and O–H groups in total. The minimum absolute atomic E-state index is 0.101. The molecular weight excluding hydrogens is 382 g/mol. The molecule has 0 aliphatic rings. The number of hydrogen-bond donors (Lipinski definition) is 0. The lowest BCUT2D eigenvalue weighted by atomic mass is 10.1. The van der Waals surface area contributed by atoms with Crippen LogP contribution in [-0.4, -0.2) is 30.4 Å². The molecule has 7 heteroatoms.